The normalized spacial score (nSPS) is 20.8. The smallest absolute Gasteiger partial charge is 0.339 e. The van der Waals surface area contributed by atoms with Crippen molar-refractivity contribution in [1.82, 2.24) is 14.9 Å². The minimum Gasteiger partial charge on any atom is -0.478 e. The molecule has 3 aromatic rings. The molecule has 3 atom stereocenters. The maximum atomic E-state index is 13.7. The van der Waals surface area contributed by atoms with Crippen LogP contribution < -0.4 is 4.90 Å². The number of aromatic carboxylic acids is 1. The second-order valence-electron chi connectivity index (χ2n) is 10.7. The van der Waals surface area contributed by atoms with Gasteiger partial charge in [-0.2, -0.15) is 0 Å². The number of anilines is 1. The lowest BCUT2D eigenvalue weighted by molar-refractivity contribution is -0.135. The Labute approximate surface area is 226 Å². The van der Waals surface area contributed by atoms with Crippen LogP contribution in [-0.2, 0) is 17.6 Å². The average Bonchev–Trinajstić information content (AvgIpc) is 3.31. The first kappa shape index (κ1) is 26.7. The number of hydrogen-bond acceptors (Lipinski definition) is 5. The second kappa shape index (κ2) is 11.1. The molecule has 1 aromatic heterocycles. The molecule has 1 amide bonds. The van der Waals surface area contributed by atoms with Crippen LogP contribution in [0.3, 0.4) is 0 Å². The monoisotopic (exact) mass is 534 g/mol. The van der Waals surface area contributed by atoms with Crippen molar-refractivity contribution in [2.24, 2.45) is 11.8 Å². The zero-order chi connectivity index (χ0) is 27.7. The Kier molecular flexibility index (Phi) is 7.59. The molecule has 1 N–H and O–H groups in total. The van der Waals surface area contributed by atoms with Gasteiger partial charge >= 0.3 is 5.97 Å². The first-order valence-corrected chi connectivity index (χ1v) is 13.4. The highest BCUT2D eigenvalue weighted by Crippen LogP contribution is 2.42. The zero-order valence-electron chi connectivity index (χ0n) is 22.1. The molecule has 0 spiro atoms. The predicted octanol–water partition coefficient (Wildman–Crippen LogP) is 4.72. The van der Waals surface area contributed by atoms with E-state index < -0.39 is 5.97 Å². The summed E-state index contributed by atoms with van der Waals surface area (Å²) in [6, 6.07) is 12.7. The van der Waals surface area contributed by atoms with Gasteiger partial charge in [0.1, 0.15) is 11.6 Å². The van der Waals surface area contributed by atoms with Crippen LogP contribution in [-0.4, -0.2) is 57.5 Å². The molecule has 0 saturated carbocycles. The lowest BCUT2D eigenvalue weighted by atomic mass is 9.82. The number of aromatic nitrogens is 2. The van der Waals surface area contributed by atoms with Crippen molar-refractivity contribution < 1.29 is 23.5 Å². The Morgan fingerprint density at radius 1 is 1.00 bits per heavy atom. The number of carboxylic acid groups (broad SMARTS) is 1. The summed E-state index contributed by atoms with van der Waals surface area (Å²) in [6.45, 7) is 5.61. The number of aryl methyl sites for hydroxylation is 2. The number of carbonyl (C=O) groups is 2. The van der Waals surface area contributed by atoms with Crippen molar-refractivity contribution in [1.29, 1.82) is 0 Å². The highest BCUT2D eigenvalue weighted by molar-refractivity contribution is 5.88. The van der Waals surface area contributed by atoms with Crippen molar-refractivity contribution in [2.45, 2.75) is 45.1 Å². The third kappa shape index (κ3) is 5.62. The highest BCUT2D eigenvalue weighted by atomic mass is 19.1. The fourth-order valence-electron chi connectivity index (χ4n) is 5.91. The lowest BCUT2D eigenvalue weighted by Crippen LogP contribution is -2.49. The van der Waals surface area contributed by atoms with E-state index in [0.717, 1.165) is 17.5 Å². The summed E-state index contributed by atoms with van der Waals surface area (Å²) in [5, 5.41) is 9.72. The molecule has 3 heterocycles. The van der Waals surface area contributed by atoms with E-state index in [2.05, 4.69) is 14.9 Å². The van der Waals surface area contributed by atoms with E-state index >= 15 is 0 Å². The van der Waals surface area contributed by atoms with Gasteiger partial charge < -0.3 is 14.9 Å². The molecule has 0 bridgehead atoms. The summed E-state index contributed by atoms with van der Waals surface area (Å²) in [5.41, 5.74) is 2.36. The molecule has 204 valence electrons. The molecule has 2 saturated heterocycles. The van der Waals surface area contributed by atoms with Gasteiger partial charge in [0.25, 0.3) is 0 Å². The molecule has 2 aromatic carbocycles. The molecular weight excluding hydrogens is 502 g/mol. The number of benzene rings is 2. The highest BCUT2D eigenvalue weighted by Gasteiger charge is 2.47. The topological polar surface area (TPSA) is 86.6 Å². The third-order valence-corrected chi connectivity index (χ3v) is 7.94. The molecular formula is C30H32F2N4O3. The molecule has 39 heavy (non-hydrogen) atoms. The molecule has 2 aliphatic rings. The molecule has 0 unspecified atom stereocenters. The van der Waals surface area contributed by atoms with Crippen molar-refractivity contribution in [3.05, 3.63) is 88.7 Å². The minimum absolute atomic E-state index is 0.0392. The van der Waals surface area contributed by atoms with Crippen LogP contribution in [0.4, 0.5) is 14.7 Å². The van der Waals surface area contributed by atoms with Gasteiger partial charge in [0, 0.05) is 49.6 Å². The molecule has 7 nitrogen and oxygen atoms in total. The first-order valence-electron chi connectivity index (χ1n) is 13.4. The van der Waals surface area contributed by atoms with E-state index in [4.69, 9.17) is 0 Å². The average molecular weight is 535 g/mol. The van der Waals surface area contributed by atoms with Gasteiger partial charge in [-0.25, -0.2) is 23.5 Å². The van der Waals surface area contributed by atoms with Gasteiger partial charge in [-0.3, -0.25) is 4.79 Å². The summed E-state index contributed by atoms with van der Waals surface area (Å²) >= 11 is 0. The van der Waals surface area contributed by atoms with E-state index in [1.54, 1.807) is 24.3 Å². The van der Waals surface area contributed by atoms with Crippen molar-refractivity contribution >= 4 is 17.8 Å². The predicted molar refractivity (Wildman–Crippen MR) is 143 cm³/mol. The quantitative estimate of drug-likeness (QED) is 0.472. The van der Waals surface area contributed by atoms with E-state index in [-0.39, 0.29) is 46.9 Å². The van der Waals surface area contributed by atoms with Gasteiger partial charge in [-0.05, 0) is 54.7 Å². The summed E-state index contributed by atoms with van der Waals surface area (Å²) < 4.78 is 27.0. The fourth-order valence-corrected chi connectivity index (χ4v) is 5.91. The number of halogens is 2. The van der Waals surface area contributed by atoms with Crippen LogP contribution in [0, 0.1) is 23.5 Å². The van der Waals surface area contributed by atoms with Gasteiger partial charge in [0.15, 0.2) is 0 Å². The molecule has 2 fully saturated rings. The second-order valence-corrected chi connectivity index (χ2v) is 10.7. The van der Waals surface area contributed by atoms with E-state index in [1.165, 1.54) is 30.5 Å². The number of nitrogens with zero attached hydrogens (tertiary/aromatic N) is 4. The molecule has 0 aliphatic carbocycles. The van der Waals surface area contributed by atoms with E-state index in [9.17, 15) is 23.5 Å². The maximum absolute atomic E-state index is 13.7. The van der Waals surface area contributed by atoms with Crippen LogP contribution in [0.5, 0.6) is 0 Å². The molecule has 0 radical (unpaired) electrons. The lowest BCUT2D eigenvalue weighted by Gasteiger charge is -2.39. The van der Waals surface area contributed by atoms with Crippen LogP contribution in [0.15, 0.2) is 54.7 Å². The summed E-state index contributed by atoms with van der Waals surface area (Å²) in [4.78, 5) is 38.1. The Morgan fingerprint density at radius 2 is 1.67 bits per heavy atom. The molecule has 2 aliphatic heterocycles. The minimum atomic E-state index is -1.09. The molecule has 5 rings (SSSR count). The van der Waals surface area contributed by atoms with E-state index in [0.29, 0.717) is 44.1 Å². The van der Waals surface area contributed by atoms with Gasteiger partial charge in [-0.1, -0.05) is 38.1 Å². The van der Waals surface area contributed by atoms with Crippen molar-refractivity contribution in [2.75, 3.05) is 24.5 Å². The maximum Gasteiger partial charge on any atom is 0.339 e. The summed E-state index contributed by atoms with van der Waals surface area (Å²) in [7, 11) is 0. The number of rotatable bonds is 7. The number of piperidine rings is 1. The van der Waals surface area contributed by atoms with Crippen molar-refractivity contribution in [3.63, 3.8) is 0 Å². The number of amides is 1. The SMILES string of the molecule is CC(C)C(=O)N1C[C@H](c2ccc(F)cc2)[C@H]2CN(c3ncc(C(=O)O)c(CCc4ccc(F)cc4)n3)CC[C@@H]21. The third-order valence-electron chi connectivity index (χ3n) is 7.94. The Hall–Kier alpha value is -3.88. The number of hydrogen-bond donors (Lipinski definition) is 1. The van der Waals surface area contributed by atoms with Gasteiger partial charge in [-0.15, -0.1) is 0 Å². The van der Waals surface area contributed by atoms with Crippen LogP contribution in [0.25, 0.3) is 0 Å². The number of likely N-dealkylation sites (tertiary alicyclic amines) is 1. The van der Waals surface area contributed by atoms with E-state index in [1.807, 2.05) is 18.7 Å². The fraction of sp³-hybridized carbons (Fsp3) is 0.400. The Morgan fingerprint density at radius 3 is 2.31 bits per heavy atom. The van der Waals surface area contributed by atoms with Crippen LogP contribution in [0.1, 0.15) is 53.4 Å². The summed E-state index contributed by atoms with van der Waals surface area (Å²) in [6.07, 6.45) is 2.98. The first-order chi connectivity index (χ1) is 18.7. The summed E-state index contributed by atoms with van der Waals surface area (Å²) in [5.74, 6) is -1.12. The van der Waals surface area contributed by atoms with Gasteiger partial charge in [0.05, 0.1) is 11.3 Å². The van der Waals surface area contributed by atoms with Gasteiger partial charge in [0.2, 0.25) is 11.9 Å². The number of carboxylic acids is 1. The number of fused-ring (bicyclic) bond motifs is 1. The number of carbonyl (C=O) groups excluding carboxylic acids is 1. The zero-order valence-corrected chi connectivity index (χ0v) is 22.1. The molecule has 9 heteroatoms. The Bertz CT molecular complexity index is 1350. The van der Waals surface area contributed by atoms with Crippen LogP contribution in [0.2, 0.25) is 0 Å². The van der Waals surface area contributed by atoms with Crippen LogP contribution >= 0.6 is 0 Å². The largest absolute Gasteiger partial charge is 0.478 e. The standard InChI is InChI=1S/C30H32F2N4O3/c1-18(2)28(37)36-17-24(20-6-10-22(32)11-7-20)25-16-35(14-13-27(25)36)30-33-15-23(29(38)39)26(34-30)12-5-19-3-8-21(31)9-4-19/h3-4,6-11,15,18,24-25,27H,5,12-14,16-17H2,1-2H3,(H,38,39)/t24-,25-,27+/m1/s1. The Balaban J connectivity index is 1.40. The van der Waals surface area contributed by atoms with Crippen molar-refractivity contribution in [3.8, 4) is 0 Å².